The molecular formula is C7H10ClNS. The molecule has 0 spiro atoms. The molecule has 0 N–H and O–H groups in total. The van der Waals surface area contributed by atoms with Gasteiger partial charge >= 0.3 is 0 Å². The van der Waals surface area contributed by atoms with Gasteiger partial charge in [-0.3, -0.25) is 0 Å². The van der Waals surface area contributed by atoms with Crippen LogP contribution in [0, 0.1) is 6.92 Å². The predicted octanol–water partition coefficient (Wildman–Crippen LogP) is 2.62. The molecule has 0 bridgehead atoms. The van der Waals surface area contributed by atoms with Gasteiger partial charge in [0.15, 0.2) is 0 Å². The maximum atomic E-state index is 5.54. The van der Waals surface area contributed by atoms with Gasteiger partial charge in [0.25, 0.3) is 0 Å². The lowest BCUT2D eigenvalue weighted by atomic mass is 10.3. The van der Waals surface area contributed by atoms with Crippen molar-refractivity contribution < 1.29 is 0 Å². The molecule has 3 heteroatoms. The second-order valence-electron chi connectivity index (χ2n) is 2.14. The van der Waals surface area contributed by atoms with Crippen molar-refractivity contribution in [3.63, 3.8) is 0 Å². The Balaban J connectivity index is 2.42. The first-order chi connectivity index (χ1) is 4.83. The normalized spacial score (nSPS) is 10.2. The fourth-order valence-corrected chi connectivity index (χ4v) is 1.73. The highest BCUT2D eigenvalue weighted by Crippen LogP contribution is 2.13. The summed E-state index contributed by atoms with van der Waals surface area (Å²) in [5, 5.41) is 1.14. The maximum absolute atomic E-state index is 5.54. The van der Waals surface area contributed by atoms with Crippen molar-refractivity contribution >= 4 is 22.9 Å². The Morgan fingerprint density at radius 1 is 1.70 bits per heavy atom. The van der Waals surface area contributed by atoms with E-state index < -0.39 is 0 Å². The highest BCUT2D eigenvalue weighted by Gasteiger charge is 1.95. The molecule has 0 radical (unpaired) electrons. The first kappa shape index (κ1) is 8.02. The summed E-state index contributed by atoms with van der Waals surface area (Å²) < 4.78 is 0. The summed E-state index contributed by atoms with van der Waals surface area (Å²) in [6, 6.07) is 0. The highest BCUT2D eigenvalue weighted by atomic mass is 35.5. The van der Waals surface area contributed by atoms with Crippen LogP contribution in [0.15, 0.2) is 6.20 Å². The van der Waals surface area contributed by atoms with E-state index in [0.717, 1.165) is 23.7 Å². The van der Waals surface area contributed by atoms with Gasteiger partial charge in [0.05, 0.1) is 5.01 Å². The van der Waals surface area contributed by atoms with Gasteiger partial charge in [-0.1, -0.05) is 0 Å². The van der Waals surface area contributed by atoms with Crippen LogP contribution in [0.25, 0.3) is 0 Å². The van der Waals surface area contributed by atoms with E-state index >= 15 is 0 Å². The molecule has 56 valence electrons. The fourth-order valence-electron chi connectivity index (χ4n) is 0.762. The second kappa shape index (κ2) is 3.94. The number of alkyl halides is 1. The summed E-state index contributed by atoms with van der Waals surface area (Å²) in [7, 11) is 0. The monoisotopic (exact) mass is 175 g/mol. The molecule has 0 fully saturated rings. The van der Waals surface area contributed by atoms with Gasteiger partial charge in [0.2, 0.25) is 0 Å². The van der Waals surface area contributed by atoms with Crippen molar-refractivity contribution in [2.75, 3.05) is 5.88 Å². The van der Waals surface area contributed by atoms with E-state index in [9.17, 15) is 0 Å². The van der Waals surface area contributed by atoms with Gasteiger partial charge in [-0.05, 0) is 19.8 Å². The second-order valence-corrected chi connectivity index (χ2v) is 3.84. The van der Waals surface area contributed by atoms with Gasteiger partial charge in [-0.2, -0.15) is 0 Å². The summed E-state index contributed by atoms with van der Waals surface area (Å²) in [4.78, 5) is 5.49. The molecule has 1 aromatic rings. The molecule has 10 heavy (non-hydrogen) atoms. The molecule has 1 heterocycles. The molecule has 0 atom stereocenters. The van der Waals surface area contributed by atoms with Gasteiger partial charge in [0.1, 0.15) is 0 Å². The molecule has 1 rings (SSSR count). The highest BCUT2D eigenvalue weighted by molar-refractivity contribution is 7.11. The largest absolute Gasteiger partial charge is 0.250 e. The average Bonchev–Trinajstić information content (AvgIpc) is 2.31. The van der Waals surface area contributed by atoms with Crippen molar-refractivity contribution in [1.29, 1.82) is 0 Å². The van der Waals surface area contributed by atoms with Crippen LogP contribution in [0.2, 0.25) is 0 Å². The quantitative estimate of drug-likeness (QED) is 0.644. The number of aromatic nitrogens is 1. The summed E-state index contributed by atoms with van der Waals surface area (Å²) >= 11 is 7.30. The third-order valence-corrected chi connectivity index (χ3v) is 2.47. The maximum Gasteiger partial charge on any atom is 0.0896 e. The van der Waals surface area contributed by atoms with Crippen molar-refractivity contribution in [2.45, 2.75) is 19.8 Å². The van der Waals surface area contributed by atoms with Gasteiger partial charge in [0, 0.05) is 17.0 Å². The van der Waals surface area contributed by atoms with E-state index in [1.165, 1.54) is 4.88 Å². The van der Waals surface area contributed by atoms with Crippen LogP contribution in [-0.4, -0.2) is 10.9 Å². The van der Waals surface area contributed by atoms with Crippen LogP contribution in [-0.2, 0) is 6.42 Å². The molecule has 0 unspecified atom stereocenters. The zero-order valence-corrected chi connectivity index (χ0v) is 7.50. The minimum Gasteiger partial charge on any atom is -0.250 e. The van der Waals surface area contributed by atoms with Crippen LogP contribution in [0.4, 0.5) is 0 Å². The SMILES string of the molecule is Cc1ncc(CCCCl)s1. The van der Waals surface area contributed by atoms with Crippen LogP contribution in [0.1, 0.15) is 16.3 Å². The Morgan fingerprint density at radius 2 is 2.50 bits per heavy atom. The number of thiazole rings is 1. The zero-order valence-electron chi connectivity index (χ0n) is 5.93. The minimum atomic E-state index is 0.747. The van der Waals surface area contributed by atoms with Gasteiger partial charge < -0.3 is 0 Å². The Morgan fingerprint density at radius 3 is 3.00 bits per heavy atom. The van der Waals surface area contributed by atoms with Crippen molar-refractivity contribution in [2.24, 2.45) is 0 Å². The van der Waals surface area contributed by atoms with Gasteiger partial charge in [-0.25, -0.2) is 4.98 Å². The molecular weight excluding hydrogens is 166 g/mol. The lowest BCUT2D eigenvalue weighted by Crippen LogP contribution is -1.79. The molecule has 1 nitrogen and oxygen atoms in total. The molecule has 0 saturated heterocycles. The first-order valence-corrected chi connectivity index (χ1v) is 4.65. The van der Waals surface area contributed by atoms with Crippen LogP contribution in [0.5, 0.6) is 0 Å². The number of hydrogen-bond acceptors (Lipinski definition) is 2. The molecule has 0 aromatic carbocycles. The smallest absolute Gasteiger partial charge is 0.0896 e. The van der Waals surface area contributed by atoms with E-state index in [-0.39, 0.29) is 0 Å². The van der Waals surface area contributed by atoms with Crippen molar-refractivity contribution in [3.8, 4) is 0 Å². The first-order valence-electron chi connectivity index (χ1n) is 3.30. The third kappa shape index (κ3) is 2.27. The third-order valence-electron chi connectivity index (χ3n) is 1.23. The van der Waals surface area contributed by atoms with Crippen LogP contribution >= 0.6 is 22.9 Å². The number of halogens is 1. The summed E-state index contributed by atoms with van der Waals surface area (Å²) in [5.74, 6) is 0.747. The number of rotatable bonds is 3. The minimum absolute atomic E-state index is 0.747. The lowest BCUT2D eigenvalue weighted by molar-refractivity contribution is 0.943. The summed E-state index contributed by atoms with van der Waals surface area (Å²) in [5.41, 5.74) is 0. The summed E-state index contributed by atoms with van der Waals surface area (Å²) in [6.45, 7) is 2.02. The Labute approximate surface area is 70.1 Å². The van der Waals surface area contributed by atoms with E-state index in [2.05, 4.69) is 4.98 Å². The number of nitrogens with zero attached hydrogens (tertiary/aromatic N) is 1. The van der Waals surface area contributed by atoms with E-state index in [1.807, 2.05) is 13.1 Å². The van der Waals surface area contributed by atoms with Crippen molar-refractivity contribution in [3.05, 3.63) is 16.1 Å². The van der Waals surface area contributed by atoms with Crippen LogP contribution in [0.3, 0.4) is 0 Å². The summed E-state index contributed by atoms with van der Waals surface area (Å²) in [6.07, 6.45) is 4.07. The average molecular weight is 176 g/mol. The topological polar surface area (TPSA) is 12.9 Å². The Bertz CT molecular complexity index is 197. The van der Waals surface area contributed by atoms with E-state index in [1.54, 1.807) is 11.3 Å². The number of hydrogen-bond donors (Lipinski definition) is 0. The molecule has 1 aromatic heterocycles. The molecule has 0 saturated carbocycles. The van der Waals surface area contributed by atoms with Gasteiger partial charge in [-0.15, -0.1) is 22.9 Å². The molecule has 0 amide bonds. The Hall–Kier alpha value is -0.0800. The van der Waals surface area contributed by atoms with E-state index in [0.29, 0.717) is 0 Å². The molecule has 0 aliphatic carbocycles. The standard InChI is InChI=1S/C7H10ClNS/c1-6-9-5-7(10-6)3-2-4-8/h5H,2-4H2,1H3. The lowest BCUT2D eigenvalue weighted by Gasteiger charge is -1.88. The predicted molar refractivity (Wildman–Crippen MR) is 45.9 cm³/mol. The van der Waals surface area contributed by atoms with Crippen molar-refractivity contribution in [1.82, 2.24) is 4.98 Å². The molecule has 0 aliphatic heterocycles. The Kier molecular flexibility index (Phi) is 3.16. The number of aryl methyl sites for hydroxylation is 2. The fraction of sp³-hybridized carbons (Fsp3) is 0.571. The van der Waals surface area contributed by atoms with Crippen LogP contribution < -0.4 is 0 Å². The molecule has 0 aliphatic rings. The van der Waals surface area contributed by atoms with E-state index in [4.69, 9.17) is 11.6 Å². The zero-order chi connectivity index (χ0) is 7.40.